The van der Waals surface area contributed by atoms with E-state index >= 15 is 0 Å². The van der Waals surface area contributed by atoms with Gasteiger partial charge in [-0.25, -0.2) is 4.79 Å². The number of hydrogen-bond donors (Lipinski definition) is 1. The fourth-order valence-electron chi connectivity index (χ4n) is 1.59. The molecule has 1 aromatic heterocycles. The van der Waals surface area contributed by atoms with Gasteiger partial charge in [-0.05, 0) is 19.1 Å². The molecule has 2 rings (SSSR count). The van der Waals surface area contributed by atoms with Gasteiger partial charge in [0, 0.05) is 29.1 Å². The molecular formula is C14H11NO3. The van der Waals surface area contributed by atoms with E-state index in [0.29, 0.717) is 23.1 Å². The second kappa shape index (κ2) is 5.19. The maximum absolute atomic E-state index is 11.6. The quantitative estimate of drug-likeness (QED) is 0.607. The molecule has 2 aromatic rings. The highest BCUT2D eigenvalue weighted by molar-refractivity contribution is 5.91. The molecule has 0 aliphatic heterocycles. The molecule has 0 atom stereocenters. The van der Waals surface area contributed by atoms with Gasteiger partial charge in [0.2, 0.25) is 0 Å². The maximum atomic E-state index is 11.6. The minimum absolute atomic E-state index is 0.0801. The van der Waals surface area contributed by atoms with Gasteiger partial charge in [0.1, 0.15) is 0 Å². The van der Waals surface area contributed by atoms with E-state index in [1.54, 1.807) is 31.3 Å². The van der Waals surface area contributed by atoms with E-state index in [9.17, 15) is 9.59 Å². The third kappa shape index (κ3) is 2.41. The second-order valence-electron chi connectivity index (χ2n) is 3.54. The minimum Gasteiger partial charge on any atom is -0.456 e. The Balaban J connectivity index is 2.49. The summed E-state index contributed by atoms with van der Waals surface area (Å²) in [7, 11) is 0. The number of hydrogen-bond acceptors (Lipinski definition) is 3. The van der Waals surface area contributed by atoms with E-state index in [1.807, 2.05) is 0 Å². The van der Waals surface area contributed by atoms with Crippen molar-refractivity contribution in [3.8, 4) is 11.8 Å². The summed E-state index contributed by atoms with van der Waals surface area (Å²) >= 11 is 0. The lowest BCUT2D eigenvalue weighted by molar-refractivity contribution is -0.136. The SMILES string of the molecule is CCOC(=O)C#Cc1cccc2c(=O)cc[nH]c12. The summed E-state index contributed by atoms with van der Waals surface area (Å²) in [6.07, 6.45) is 1.56. The van der Waals surface area contributed by atoms with Crippen LogP contribution in [0.25, 0.3) is 10.9 Å². The third-order valence-corrected chi connectivity index (χ3v) is 2.37. The molecule has 0 saturated carbocycles. The first-order valence-electron chi connectivity index (χ1n) is 5.51. The van der Waals surface area contributed by atoms with Crippen LogP contribution in [0.4, 0.5) is 0 Å². The Bertz CT molecular complexity index is 704. The standard InChI is InChI=1S/C14H11NO3/c1-2-18-13(17)7-6-10-4-3-5-11-12(16)8-9-15-14(10)11/h3-5,8-9H,2H2,1H3,(H,15,16). The molecule has 0 radical (unpaired) electrons. The maximum Gasteiger partial charge on any atom is 0.384 e. The van der Waals surface area contributed by atoms with Crippen molar-refractivity contribution in [2.45, 2.75) is 6.92 Å². The van der Waals surface area contributed by atoms with Crippen molar-refractivity contribution >= 4 is 16.9 Å². The van der Waals surface area contributed by atoms with Crippen molar-refractivity contribution in [2.24, 2.45) is 0 Å². The van der Waals surface area contributed by atoms with E-state index in [1.165, 1.54) is 6.07 Å². The summed E-state index contributed by atoms with van der Waals surface area (Å²) < 4.78 is 4.71. The number of fused-ring (bicyclic) bond motifs is 1. The number of esters is 1. The van der Waals surface area contributed by atoms with Crippen molar-refractivity contribution in [3.63, 3.8) is 0 Å². The molecule has 0 bridgehead atoms. The van der Waals surface area contributed by atoms with E-state index in [4.69, 9.17) is 4.74 Å². The van der Waals surface area contributed by atoms with Crippen LogP contribution in [0.3, 0.4) is 0 Å². The molecule has 0 aliphatic rings. The molecule has 0 saturated heterocycles. The number of ether oxygens (including phenoxy) is 1. The second-order valence-corrected chi connectivity index (χ2v) is 3.54. The number of pyridine rings is 1. The molecule has 4 heteroatoms. The summed E-state index contributed by atoms with van der Waals surface area (Å²) in [5, 5.41) is 0.549. The number of aromatic nitrogens is 1. The predicted molar refractivity (Wildman–Crippen MR) is 68.1 cm³/mol. The van der Waals surface area contributed by atoms with Crippen LogP contribution in [0.2, 0.25) is 0 Å². The number of benzene rings is 1. The number of rotatable bonds is 1. The predicted octanol–water partition coefficient (Wildman–Crippen LogP) is 1.44. The molecule has 1 N–H and O–H groups in total. The van der Waals surface area contributed by atoms with Crippen LogP contribution in [0, 0.1) is 11.8 Å². The molecular weight excluding hydrogens is 230 g/mol. The number of carbonyl (C=O) groups is 1. The zero-order chi connectivity index (χ0) is 13.0. The number of aromatic amines is 1. The lowest BCUT2D eigenvalue weighted by Crippen LogP contribution is -2.02. The number of carbonyl (C=O) groups excluding carboxylic acids is 1. The molecule has 4 nitrogen and oxygen atoms in total. The zero-order valence-corrected chi connectivity index (χ0v) is 9.82. The lowest BCUT2D eigenvalue weighted by atomic mass is 10.1. The van der Waals surface area contributed by atoms with Gasteiger partial charge in [-0.1, -0.05) is 12.0 Å². The summed E-state index contributed by atoms with van der Waals surface area (Å²) in [5.41, 5.74) is 1.14. The zero-order valence-electron chi connectivity index (χ0n) is 9.82. The van der Waals surface area contributed by atoms with Crippen LogP contribution in [-0.2, 0) is 9.53 Å². The van der Waals surface area contributed by atoms with Crippen LogP contribution in [0.15, 0.2) is 35.3 Å². The highest BCUT2D eigenvalue weighted by Crippen LogP contribution is 2.11. The first kappa shape index (κ1) is 11.9. The van der Waals surface area contributed by atoms with E-state index in [0.717, 1.165) is 0 Å². The monoisotopic (exact) mass is 241 g/mol. The van der Waals surface area contributed by atoms with Crippen molar-refractivity contribution in [1.82, 2.24) is 4.98 Å². The summed E-state index contributed by atoms with van der Waals surface area (Å²) in [4.78, 5) is 25.7. The fourth-order valence-corrected chi connectivity index (χ4v) is 1.59. The normalized spacial score (nSPS) is 9.61. The molecule has 18 heavy (non-hydrogen) atoms. The van der Waals surface area contributed by atoms with Crippen molar-refractivity contribution in [2.75, 3.05) is 6.61 Å². The van der Waals surface area contributed by atoms with Gasteiger partial charge in [0.05, 0.1) is 12.1 Å². The van der Waals surface area contributed by atoms with Gasteiger partial charge in [-0.3, -0.25) is 4.79 Å². The lowest BCUT2D eigenvalue weighted by Gasteiger charge is -1.99. The highest BCUT2D eigenvalue weighted by Gasteiger charge is 2.01. The van der Waals surface area contributed by atoms with E-state index in [-0.39, 0.29) is 5.43 Å². The Morgan fingerprint density at radius 1 is 1.39 bits per heavy atom. The number of H-pyrrole nitrogens is 1. The Morgan fingerprint density at radius 2 is 2.22 bits per heavy atom. The van der Waals surface area contributed by atoms with Gasteiger partial charge in [-0.15, -0.1) is 0 Å². The highest BCUT2D eigenvalue weighted by atomic mass is 16.5. The van der Waals surface area contributed by atoms with E-state index < -0.39 is 5.97 Å². The molecule has 0 spiro atoms. The molecule has 0 amide bonds. The molecule has 0 fully saturated rings. The third-order valence-electron chi connectivity index (χ3n) is 2.37. The summed E-state index contributed by atoms with van der Waals surface area (Å²) in [6, 6.07) is 6.63. The Hall–Kier alpha value is -2.54. The summed E-state index contributed by atoms with van der Waals surface area (Å²) in [6.45, 7) is 2.01. The largest absolute Gasteiger partial charge is 0.456 e. The first-order chi connectivity index (χ1) is 8.72. The first-order valence-corrected chi connectivity index (χ1v) is 5.51. The van der Waals surface area contributed by atoms with Crippen LogP contribution in [0.1, 0.15) is 12.5 Å². The molecule has 90 valence electrons. The van der Waals surface area contributed by atoms with Crippen LogP contribution in [0.5, 0.6) is 0 Å². The average molecular weight is 241 g/mol. The molecule has 1 heterocycles. The number of para-hydroxylation sites is 1. The van der Waals surface area contributed by atoms with Crippen LogP contribution in [-0.4, -0.2) is 17.6 Å². The van der Waals surface area contributed by atoms with Gasteiger partial charge in [0.15, 0.2) is 5.43 Å². The summed E-state index contributed by atoms with van der Waals surface area (Å²) in [5.74, 6) is 4.51. The van der Waals surface area contributed by atoms with Gasteiger partial charge in [0.25, 0.3) is 0 Å². The van der Waals surface area contributed by atoms with Crippen LogP contribution >= 0.6 is 0 Å². The van der Waals surface area contributed by atoms with E-state index in [2.05, 4.69) is 16.8 Å². The van der Waals surface area contributed by atoms with Crippen molar-refractivity contribution in [1.29, 1.82) is 0 Å². The van der Waals surface area contributed by atoms with Crippen molar-refractivity contribution in [3.05, 3.63) is 46.2 Å². The van der Waals surface area contributed by atoms with Crippen LogP contribution < -0.4 is 5.43 Å². The Labute approximate surface area is 104 Å². The van der Waals surface area contributed by atoms with Crippen molar-refractivity contribution < 1.29 is 9.53 Å². The van der Waals surface area contributed by atoms with Gasteiger partial charge >= 0.3 is 5.97 Å². The minimum atomic E-state index is -0.576. The fraction of sp³-hybridized carbons (Fsp3) is 0.143. The molecule has 1 aromatic carbocycles. The molecule has 0 unspecified atom stereocenters. The smallest absolute Gasteiger partial charge is 0.384 e. The topological polar surface area (TPSA) is 59.2 Å². The average Bonchev–Trinajstić information content (AvgIpc) is 2.37. The Kier molecular flexibility index (Phi) is 3.44. The van der Waals surface area contributed by atoms with Gasteiger partial charge in [-0.2, -0.15) is 0 Å². The number of nitrogens with one attached hydrogen (secondary N) is 1. The van der Waals surface area contributed by atoms with Gasteiger partial charge < -0.3 is 9.72 Å². The molecule has 0 aliphatic carbocycles. The Morgan fingerprint density at radius 3 is 3.00 bits per heavy atom.